The van der Waals surface area contributed by atoms with Gasteiger partial charge in [0.05, 0.1) is 5.92 Å². The number of hydrogen-bond acceptors (Lipinski definition) is 5. The van der Waals surface area contributed by atoms with Gasteiger partial charge < -0.3 is 15.0 Å². The molecule has 1 aromatic rings. The molecule has 2 N–H and O–H groups in total. The van der Waals surface area contributed by atoms with Crippen molar-refractivity contribution in [2.75, 3.05) is 6.61 Å². The third-order valence-corrected chi connectivity index (χ3v) is 3.62. The van der Waals surface area contributed by atoms with Crippen molar-refractivity contribution in [3.63, 3.8) is 0 Å². The van der Waals surface area contributed by atoms with Gasteiger partial charge in [0.25, 0.3) is 0 Å². The zero-order valence-electron chi connectivity index (χ0n) is 11.3. The molecule has 0 saturated heterocycles. The molecule has 5 nitrogen and oxygen atoms in total. The summed E-state index contributed by atoms with van der Waals surface area (Å²) >= 11 is 0. The maximum absolute atomic E-state index is 6.13. The summed E-state index contributed by atoms with van der Waals surface area (Å²) in [5.74, 6) is 1.57. The first-order valence-corrected chi connectivity index (χ1v) is 6.96. The molecule has 3 unspecified atom stereocenters. The van der Waals surface area contributed by atoms with Gasteiger partial charge in [-0.1, -0.05) is 24.9 Å². The lowest BCUT2D eigenvalue weighted by molar-refractivity contribution is 0.0518. The van der Waals surface area contributed by atoms with Crippen LogP contribution in [0.2, 0.25) is 0 Å². The maximum Gasteiger partial charge on any atom is 0.231 e. The Balaban J connectivity index is 2.08. The second kappa shape index (κ2) is 6.29. The normalized spacial score (nSPS) is 26.2. The Morgan fingerprint density at radius 2 is 2.17 bits per heavy atom. The van der Waals surface area contributed by atoms with Gasteiger partial charge in [-0.25, -0.2) is 0 Å². The Morgan fingerprint density at radius 3 is 2.83 bits per heavy atom. The molecule has 18 heavy (non-hydrogen) atoms. The Bertz CT molecular complexity index is 367. The largest absolute Gasteiger partial charge is 0.370 e. The minimum atomic E-state index is -0.0627. The molecule has 0 spiro atoms. The molecule has 102 valence electrons. The number of nitrogens with two attached hydrogens (primary N) is 1. The van der Waals surface area contributed by atoms with Gasteiger partial charge >= 0.3 is 0 Å². The molecule has 0 aromatic carbocycles. The van der Waals surface area contributed by atoms with Crippen molar-refractivity contribution in [1.82, 2.24) is 10.1 Å². The summed E-state index contributed by atoms with van der Waals surface area (Å²) < 4.78 is 11.0. The average Bonchev–Trinajstić information content (AvgIpc) is 2.85. The standard InChI is InChI=1S/C13H23N3O2/c1-3-11(17-4-2)12-15-13(18-16-12)9-7-5-6-8-10(9)14/h9-11H,3-8,14H2,1-2H3. The molecule has 0 aliphatic heterocycles. The highest BCUT2D eigenvalue weighted by molar-refractivity contribution is 5.01. The zero-order valence-corrected chi connectivity index (χ0v) is 11.3. The van der Waals surface area contributed by atoms with Gasteiger partial charge in [-0.2, -0.15) is 4.98 Å². The molecule has 1 saturated carbocycles. The highest BCUT2D eigenvalue weighted by atomic mass is 16.5. The van der Waals surface area contributed by atoms with Crippen LogP contribution in [0.1, 0.15) is 69.7 Å². The smallest absolute Gasteiger partial charge is 0.231 e. The highest BCUT2D eigenvalue weighted by Crippen LogP contribution is 2.31. The van der Waals surface area contributed by atoms with Crippen LogP contribution in [-0.4, -0.2) is 22.8 Å². The van der Waals surface area contributed by atoms with E-state index in [9.17, 15) is 0 Å². The molecule has 2 rings (SSSR count). The van der Waals surface area contributed by atoms with E-state index < -0.39 is 0 Å². The Morgan fingerprint density at radius 1 is 1.39 bits per heavy atom. The summed E-state index contributed by atoms with van der Waals surface area (Å²) in [6.07, 6.45) is 5.28. The fraction of sp³-hybridized carbons (Fsp3) is 0.846. The molecule has 1 fully saturated rings. The minimum absolute atomic E-state index is 0.0627. The predicted octanol–water partition coefficient (Wildman–Crippen LogP) is 2.54. The minimum Gasteiger partial charge on any atom is -0.370 e. The maximum atomic E-state index is 6.13. The Labute approximate surface area is 108 Å². The summed E-state index contributed by atoms with van der Waals surface area (Å²) in [6, 6.07) is 0.152. The average molecular weight is 253 g/mol. The molecule has 1 aromatic heterocycles. The van der Waals surface area contributed by atoms with Crippen molar-refractivity contribution in [3.05, 3.63) is 11.7 Å². The van der Waals surface area contributed by atoms with E-state index in [2.05, 4.69) is 17.1 Å². The number of aromatic nitrogens is 2. The molecule has 0 radical (unpaired) electrons. The van der Waals surface area contributed by atoms with Crippen molar-refractivity contribution in [1.29, 1.82) is 0 Å². The van der Waals surface area contributed by atoms with Crippen LogP contribution in [0.4, 0.5) is 0 Å². The number of nitrogens with zero attached hydrogens (tertiary/aromatic N) is 2. The van der Waals surface area contributed by atoms with Crippen LogP contribution in [0, 0.1) is 0 Å². The number of hydrogen-bond donors (Lipinski definition) is 1. The number of ether oxygens (including phenoxy) is 1. The molecule has 5 heteroatoms. The topological polar surface area (TPSA) is 74.2 Å². The van der Waals surface area contributed by atoms with Gasteiger partial charge in [-0.3, -0.25) is 0 Å². The molecule has 0 amide bonds. The van der Waals surface area contributed by atoms with Crippen LogP contribution in [-0.2, 0) is 4.74 Å². The zero-order chi connectivity index (χ0) is 13.0. The second-order valence-electron chi connectivity index (χ2n) is 4.90. The molecule has 0 bridgehead atoms. The molecular weight excluding hydrogens is 230 g/mol. The first-order valence-electron chi connectivity index (χ1n) is 6.96. The van der Waals surface area contributed by atoms with E-state index in [0.29, 0.717) is 18.3 Å². The van der Waals surface area contributed by atoms with Gasteiger partial charge in [0.2, 0.25) is 11.7 Å². The van der Waals surface area contributed by atoms with Crippen LogP contribution >= 0.6 is 0 Å². The third kappa shape index (κ3) is 2.90. The van der Waals surface area contributed by atoms with Crippen molar-refractivity contribution in [2.24, 2.45) is 5.73 Å². The monoisotopic (exact) mass is 253 g/mol. The summed E-state index contributed by atoms with van der Waals surface area (Å²) in [7, 11) is 0. The lowest BCUT2D eigenvalue weighted by atomic mass is 9.85. The lowest BCUT2D eigenvalue weighted by Crippen LogP contribution is -2.31. The first kappa shape index (κ1) is 13.5. The SMILES string of the molecule is CCOC(CC)c1noc(C2CCCCC2N)n1. The van der Waals surface area contributed by atoms with E-state index in [0.717, 1.165) is 19.3 Å². The fourth-order valence-electron chi connectivity index (χ4n) is 2.57. The first-order chi connectivity index (χ1) is 8.76. The molecule has 1 heterocycles. The van der Waals surface area contributed by atoms with Gasteiger partial charge in [0, 0.05) is 12.6 Å². The highest BCUT2D eigenvalue weighted by Gasteiger charge is 2.29. The van der Waals surface area contributed by atoms with Gasteiger partial charge in [0.15, 0.2) is 0 Å². The van der Waals surface area contributed by atoms with Gasteiger partial charge in [-0.05, 0) is 26.2 Å². The summed E-state index contributed by atoms with van der Waals surface area (Å²) in [4.78, 5) is 4.49. The van der Waals surface area contributed by atoms with Gasteiger partial charge in [-0.15, -0.1) is 0 Å². The van der Waals surface area contributed by atoms with E-state index >= 15 is 0 Å². The second-order valence-corrected chi connectivity index (χ2v) is 4.90. The van der Waals surface area contributed by atoms with Crippen LogP contribution in [0.25, 0.3) is 0 Å². The Hall–Kier alpha value is -0.940. The van der Waals surface area contributed by atoms with E-state index in [1.54, 1.807) is 0 Å². The van der Waals surface area contributed by atoms with Gasteiger partial charge in [0.1, 0.15) is 6.10 Å². The summed E-state index contributed by atoms with van der Waals surface area (Å²) in [6.45, 7) is 4.69. The molecule has 1 aliphatic carbocycles. The Kier molecular flexibility index (Phi) is 4.72. The van der Waals surface area contributed by atoms with Crippen molar-refractivity contribution in [2.45, 2.75) is 64.0 Å². The summed E-state index contributed by atoms with van der Waals surface area (Å²) in [5, 5.41) is 4.05. The van der Waals surface area contributed by atoms with Crippen LogP contribution in [0.3, 0.4) is 0 Å². The summed E-state index contributed by atoms with van der Waals surface area (Å²) in [5.41, 5.74) is 6.13. The van der Waals surface area contributed by atoms with Crippen LogP contribution < -0.4 is 5.73 Å². The lowest BCUT2D eigenvalue weighted by Gasteiger charge is -2.25. The van der Waals surface area contributed by atoms with E-state index in [1.165, 1.54) is 12.8 Å². The van der Waals surface area contributed by atoms with E-state index in [-0.39, 0.29) is 18.1 Å². The van der Waals surface area contributed by atoms with Crippen LogP contribution in [0.5, 0.6) is 0 Å². The molecule has 3 atom stereocenters. The fourth-order valence-corrected chi connectivity index (χ4v) is 2.57. The van der Waals surface area contributed by atoms with Crippen molar-refractivity contribution < 1.29 is 9.26 Å². The van der Waals surface area contributed by atoms with Crippen LogP contribution in [0.15, 0.2) is 4.52 Å². The quantitative estimate of drug-likeness (QED) is 0.872. The predicted molar refractivity (Wildman–Crippen MR) is 68.1 cm³/mol. The van der Waals surface area contributed by atoms with E-state index in [1.807, 2.05) is 6.92 Å². The van der Waals surface area contributed by atoms with Crippen molar-refractivity contribution in [3.8, 4) is 0 Å². The molecule has 1 aliphatic rings. The van der Waals surface area contributed by atoms with Crippen molar-refractivity contribution >= 4 is 0 Å². The number of rotatable bonds is 5. The molecular formula is C13H23N3O2. The third-order valence-electron chi connectivity index (χ3n) is 3.62. The van der Waals surface area contributed by atoms with E-state index in [4.69, 9.17) is 15.0 Å².